The van der Waals surface area contributed by atoms with Gasteiger partial charge in [0.15, 0.2) is 0 Å². The molecule has 0 aromatic rings. The molecule has 0 saturated heterocycles. The SMILES string of the molecule is CC(=O)C(=O)C(F)(F)F. The summed E-state index contributed by atoms with van der Waals surface area (Å²) in [5, 5.41) is 0. The van der Waals surface area contributed by atoms with Gasteiger partial charge in [-0.15, -0.1) is 0 Å². The Morgan fingerprint density at radius 1 is 1.22 bits per heavy atom. The van der Waals surface area contributed by atoms with Gasteiger partial charge in [0.2, 0.25) is 5.78 Å². The molecule has 0 spiro atoms. The van der Waals surface area contributed by atoms with Crippen LogP contribution in [0.4, 0.5) is 13.2 Å². The van der Waals surface area contributed by atoms with Gasteiger partial charge in [-0.1, -0.05) is 0 Å². The Hall–Kier alpha value is -0.870. The lowest BCUT2D eigenvalue weighted by Gasteiger charge is -1.98. The lowest BCUT2D eigenvalue weighted by molar-refractivity contribution is -0.173. The highest BCUT2D eigenvalue weighted by Gasteiger charge is 2.41. The first-order valence-electron chi connectivity index (χ1n) is 1.98. The van der Waals surface area contributed by atoms with Crippen molar-refractivity contribution in [2.24, 2.45) is 0 Å². The molecule has 0 aliphatic rings. The molecule has 9 heavy (non-hydrogen) atoms. The maximum Gasteiger partial charge on any atom is 0.457 e. The highest BCUT2D eigenvalue weighted by molar-refractivity contribution is 6.38. The van der Waals surface area contributed by atoms with E-state index in [1.807, 2.05) is 0 Å². The van der Waals surface area contributed by atoms with Crippen LogP contribution in [0.2, 0.25) is 0 Å². The smallest absolute Gasteiger partial charge is 0.291 e. The van der Waals surface area contributed by atoms with Crippen LogP contribution in [0, 0.1) is 0 Å². The summed E-state index contributed by atoms with van der Waals surface area (Å²) in [6, 6.07) is 0. The molecule has 0 aromatic heterocycles. The summed E-state index contributed by atoms with van der Waals surface area (Å²) in [5.41, 5.74) is 0. The first-order chi connectivity index (χ1) is 3.85. The molecule has 0 saturated carbocycles. The summed E-state index contributed by atoms with van der Waals surface area (Å²) in [7, 11) is 0. The number of ketones is 2. The number of carbonyl (C=O) groups excluding carboxylic acids is 2. The average molecular weight is 140 g/mol. The van der Waals surface area contributed by atoms with Gasteiger partial charge < -0.3 is 0 Å². The Bertz CT molecular complexity index is 146. The van der Waals surface area contributed by atoms with Crippen LogP contribution in [-0.4, -0.2) is 17.7 Å². The fourth-order valence-electron chi connectivity index (χ4n) is 0.200. The van der Waals surface area contributed by atoms with Crippen molar-refractivity contribution in [1.82, 2.24) is 0 Å². The zero-order valence-corrected chi connectivity index (χ0v) is 4.45. The van der Waals surface area contributed by atoms with Crippen molar-refractivity contribution in [3.63, 3.8) is 0 Å². The molecule has 0 aromatic carbocycles. The lowest BCUT2D eigenvalue weighted by atomic mass is 10.3. The third-order valence-corrected chi connectivity index (χ3v) is 0.577. The van der Waals surface area contributed by atoms with Crippen LogP contribution in [0.3, 0.4) is 0 Å². The average Bonchev–Trinajstić information content (AvgIpc) is 1.62. The van der Waals surface area contributed by atoms with Gasteiger partial charge >= 0.3 is 12.0 Å². The number of hydrogen-bond donors (Lipinski definition) is 0. The topological polar surface area (TPSA) is 34.1 Å². The van der Waals surface area contributed by atoms with Crippen molar-refractivity contribution in [3.8, 4) is 0 Å². The van der Waals surface area contributed by atoms with Gasteiger partial charge in [0.25, 0.3) is 0 Å². The number of halogens is 3. The molecule has 0 radical (unpaired) electrons. The molecule has 5 heteroatoms. The molecule has 0 fully saturated rings. The van der Waals surface area contributed by atoms with Crippen molar-refractivity contribution in [3.05, 3.63) is 0 Å². The van der Waals surface area contributed by atoms with E-state index in [9.17, 15) is 22.8 Å². The van der Waals surface area contributed by atoms with Crippen LogP contribution in [0.5, 0.6) is 0 Å². The molecule has 0 unspecified atom stereocenters. The maximum absolute atomic E-state index is 11.1. The lowest BCUT2D eigenvalue weighted by Crippen LogP contribution is -2.28. The van der Waals surface area contributed by atoms with E-state index >= 15 is 0 Å². The number of hydrogen-bond acceptors (Lipinski definition) is 2. The highest BCUT2D eigenvalue weighted by Crippen LogP contribution is 2.15. The molecular formula is C4H3F3O2. The molecule has 0 rings (SSSR count). The van der Waals surface area contributed by atoms with E-state index in [0.717, 1.165) is 0 Å². The molecule has 0 bridgehead atoms. The third kappa shape index (κ3) is 2.25. The van der Waals surface area contributed by atoms with E-state index in [1.165, 1.54) is 0 Å². The van der Waals surface area contributed by atoms with Crippen LogP contribution >= 0.6 is 0 Å². The molecule has 2 nitrogen and oxygen atoms in total. The molecule has 0 atom stereocenters. The van der Waals surface area contributed by atoms with Crippen LogP contribution < -0.4 is 0 Å². The molecule has 0 aliphatic heterocycles. The fourth-order valence-corrected chi connectivity index (χ4v) is 0.200. The monoisotopic (exact) mass is 140 g/mol. The Morgan fingerprint density at radius 3 is 1.56 bits per heavy atom. The summed E-state index contributed by atoms with van der Waals surface area (Å²) >= 11 is 0. The van der Waals surface area contributed by atoms with E-state index in [-0.39, 0.29) is 0 Å². The van der Waals surface area contributed by atoms with E-state index in [1.54, 1.807) is 0 Å². The zero-order valence-electron chi connectivity index (χ0n) is 4.45. The Kier molecular flexibility index (Phi) is 1.95. The van der Waals surface area contributed by atoms with Crippen LogP contribution in [0.15, 0.2) is 0 Å². The van der Waals surface area contributed by atoms with Gasteiger partial charge in [0.05, 0.1) is 0 Å². The minimum absolute atomic E-state index is 0.579. The van der Waals surface area contributed by atoms with E-state index in [4.69, 9.17) is 0 Å². The summed E-state index contributed by atoms with van der Waals surface area (Å²) in [6.45, 7) is 0.579. The quantitative estimate of drug-likeness (QED) is 0.502. The van der Waals surface area contributed by atoms with Crippen LogP contribution in [0.1, 0.15) is 6.92 Å². The second-order valence-electron chi connectivity index (χ2n) is 1.38. The van der Waals surface area contributed by atoms with Gasteiger partial charge in [-0.3, -0.25) is 9.59 Å². The van der Waals surface area contributed by atoms with Crippen molar-refractivity contribution in [2.75, 3.05) is 0 Å². The zero-order chi connectivity index (χ0) is 7.65. The normalized spacial score (nSPS) is 11.1. The maximum atomic E-state index is 11.1. The number of alkyl halides is 3. The minimum Gasteiger partial charge on any atom is -0.291 e. The van der Waals surface area contributed by atoms with Crippen molar-refractivity contribution in [1.29, 1.82) is 0 Å². The minimum atomic E-state index is -5.01. The van der Waals surface area contributed by atoms with Crippen molar-refractivity contribution < 1.29 is 22.8 Å². The van der Waals surface area contributed by atoms with Crippen LogP contribution in [0.25, 0.3) is 0 Å². The van der Waals surface area contributed by atoms with Crippen molar-refractivity contribution >= 4 is 11.6 Å². The molecule has 0 amide bonds. The van der Waals surface area contributed by atoms with E-state index < -0.39 is 17.7 Å². The summed E-state index contributed by atoms with van der Waals surface area (Å²) < 4.78 is 33.4. The first-order valence-corrected chi connectivity index (χ1v) is 1.98. The standard InChI is InChI=1S/C4H3F3O2/c1-2(8)3(9)4(5,6)7/h1H3. The van der Waals surface area contributed by atoms with Gasteiger partial charge in [-0.25, -0.2) is 0 Å². The predicted octanol–water partition coefficient (Wildman–Crippen LogP) is 0.707. The predicted molar refractivity (Wildman–Crippen MR) is 21.7 cm³/mol. The molecule has 52 valence electrons. The van der Waals surface area contributed by atoms with Gasteiger partial charge in [-0.05, 0) is 0 Å². The Labute approximate surface area is 48.7 Å². The van der Waals surface area contributed by atoms with Crippen molar-refractivity contribution in [2.45, 2.75) is 13.1 Å². The highest BCUT2D eigenvalue weighted by atomic mass is 19.4. The largest absolute Gasteiger partial charge is 0.457 e. The Morgan fingerprint density at radius 2 is 1.56 bits per heavy atom. The Balaban J connectivity index is 4.23. The van der Waals surface area contributed by atoms with Gasteiger partial charge in [0.1, 0.15) is 0 Å². The second-order valence-corrected chi connectivity index (χ2v) is 1.38. The third-order valence-electron chi connectivity index (χ3n) is 0.577. The fraction of sp³-hybridized carbons (Fsp3) is 0.500. The summed E-state index contributed by atoms with van der Waals surface area (Å²) in [4.78, 5) is 19.4. The number of Topliss-reactive ketones (excluding diaryl/α,β-unsaturated/α-hetero) is 2. The van der Waals surface area contributed by atoms with Crippen LogP contribution in [-0.2, 0) is 9.59 Å². The van der Waals surface area contributed by atoms with E-state index in [0.29, 0.717) is 6.92 Å². The van der Waals surface area contributed by atoms with Gasteiger partial charge in [-0.2, -0.15) is 13.2 Å². The second kappa shape index (κ2) is 2.16. The molecular weight excluding hydrogens is 137 g/mol. The summed E-state index contributed by atoms with van der Waals surface area (Å²) in [6.07, 6.45) is -5.01. The van der Waals surface area contributed by atoms with Gasteiger partial charge in [0, 0.05) is 6.92 Å². The molecule has 0 N–H and O–H groups in total. The number of rotatable bonds is 1. The molecule has 0 heterocycles. The van der Waals surface area contributed by atoms with E-state index in [2.05, 4.69) is 0 Å². The number of carbonyl (C=O) groups is 2. The molecule has 0 aliphatic carbocycles. The first kappa shape index (κ1) is 8.13. The summed E-state index contributed by atoms with van der Waals surface area (Å²) in [5.74, 6) is -3.79.